The van der Waals surface area contributed by atoms with Crippen LogP contribution in [0.1, 0.15) is 13.8 Å². The van der Waals surface area contributed by atoms with Gasteiger partial charge >= 0.3 is 0 Å². The predicted octanol–water partition coefficient (Wildman–Crippen LogP) is 1.87. The molecule has 0 spiro atoms. The fraction of sp³-hybridized carbons (Fsp3) is 0.500. The molecule has 0 heterocycles. The van der Waals surface area contributed by atoms with Crippen molar-refractivity contribution in [2.24, 2.45) is 5.73 Å². The van der Waals surface area contributed by atoms with Crippen molar-refractivity contribution in [1.29, 1.82) is 0 Å². The maximum absolute atomic E-state index is 5.57. The zero-order valence-electron chi connectivity index (χ0n) is 9.73. The van der Waals surface area contributed by atoms with Crippen LogP contribution in [0.25, 0.3) is 0 Å². The fourth-order valence-corrected chi connectivity index (χ4v) is 1.37. The number of benzene rings is 1. The van der Waals surface area contributed by atoms with Crippen LogP contribution in [0.15, 0.2) is 24.3 Å². The van der Waals surface area contributed by atoms with Gasteiger partial charge in [-0.3, -0.25) is 0 Å². The molecule has 0 aliphatic rings. The predicted molar refractivity (Wildman–Crippen MR) is 64.5 cm³/mol. The SMILES string of the molecule is CC(C)Oc1ccc(N(C)CCN)cc1. The second-order valence-corrected chi connectivity index (χ2v) is 3.87. The van der Waals surface area contributed by atoms with Gasteiger partial charge in [0.15, 0.2) is 0 Å². The molecule has 15 heavy (non-hydrogen) atoms. The molecular formula is C12H20N2O. The van der Waals surface area contributed by atoms with Crippen LogP contribution in [0.4, 0.5) is 5.69 Å². The van der Waals surface area contributed by atoms with E-state index in [-0.39, 0.29) is 6.10 Å². The van der Waals surface area contributed by atoms with E-state index < -0.39 is 0 Å². The summed E-state index contributed by atoms with van der Waals surface area (Å²) in [4.78, 5) is 2.12. The molecule has 0 amide bonds. The number of hydrogen-bond acceptors (Lipinski definition) is 3. The van der Waals surface area contributed by atoms with Crippen molar-refractivity contribution in [1.82, 2.24) is 0 Å². The Morgan fingerprint density at radius 3 is 2.33 bits per heavy atom. The number of rotatable bonds is 5. The summed E-state index contributed by atoms with van der Waals surface area (Å²) >= 11 is 0. The van der Waals surface area contributed by atoms with Crippen LogP contribution in [0, 0.1) is 0 Å². The molecule has 1 rings (SSSR count). The minimum atomic E-state index is 0.220. The third-order valence-corrected chi connectivity index (χ3v) is 2.11. The molecule has 0 saturated heterocycles. The summed E-state index contributed by atoms with van der Waals surface area (Å²) in [6.45, 7) is 5.58. The standard InChI is InChI=1S/C12H20N2O/c1-10(2)15-12-6-4-11(5-7-12)14(3)9-8-13/h4-7,10H,8-9,13H2,1-3H3. The Morgan fingerprint density at radius 2 is 1.87 bits per heavy atom. The van der Waals surface area contributed by atoms with Crippen LogP contribution in [0.5, 0.6) is 5.75 Å². The molecule has 0 aliphatic carbocycles. The van der Waals surface area contributed by atoms with E-state index in [0.717, 1.165) is 18.0 Å². The molecule has 1 aromatic carbocycles. The summed E-state index contributed by atoms with van der Waals surface area (Å²) in [6, 6.07) is 8.07. The molecule has 3 heteroatoms. The van der Waals surface area contributed by atoms with Crippen molar-refractivity contribution < 1.29 is 4.74 Å². The molecule has 0 bridgehead atoms. The first-order valence-electron chi connectivity index (χ1n) is 5.31. The molecule has 0 saturated carbocycles. The zero-order chi connectivity index (χ0) is 11.3. The number of likely N-dealkylation sites (N-methyl/N-ethyl adjacent to an activating group) is 1. The summed E-state index contributed by atoms with van der Waals surface area (Å²) in [5, 5.41) is 0. The van der Waals surface area contributed by atoms with Gasteiger partial charge in [-0.1, -0.05) is 0 Å². The highest BCUT2D eigenvalue weighted by molar-refractivity contribution is 5.48. The molecule has 0 aliphatic heterocycles. The monoisotopic (exact) mass is 208 g/mol. The summed E-state index contributed by atoms with van der Waals surface area (Å²) in [5.41, 5.74) is 6.66. The molecule has 84 valence electrons. The van der Waals surface area contributed by atoms with Gasteiger partial charge in [0.1, 0.15) is 5.75 Å². The Kier molecular flexibility index (Phi) is 4.43. The molecule has 0 aromatic heterocycles. The van der Waals surface area contributed by atoms with E-state index in [4.69, 9.17) is 10.5 Å². The lowest BCUT2D eigenvalue weighted by Crippen LogP contribution is -2.24. The lowest BCUT2D eigenvalue weighted by atomic mass is 10.3. The molecule has 1 aromatic rings. The van der Waals surface area contributed by atoms with Crippen LogP contribution >= 0.6 is 0 Å². The average molecular weight is 208 g/mol. The first-order chi connectivity index (χ1) is 7.13. The van der Waals surface area contributed by atoms with E-state index in [2.05, 4.69) is 4.90 Å². The van der Waals surface area contributed by atoms with Crippen LogP contribution in [0.2, 0.25) is 0 Å². The molecule has 0 fully saturated rings. The van der Waals surface area contributed by atoms with Crippen LogP contribution in [-0.4, -0.2) is 26.2 Å². The fourth-order valence-electron chi connectivity index (χ4n) is 1.37. The number of hydrogen-bond donors (Lipinski definition) is 1. The number of ether oxygens (including phenoxy) is 1. The Morgan fingerprint density at radius 1 is 1.27 bits per heavy atom. The molecular weight excluding hydrogens is 188 g/mol. The van der Waals surface area contributed by atoms with E-state index in [1.165, 1.54) is 0 Å². The third kappa shape index (κ3) is 3.80. The van der Waals surface area contributed by atoms with Gasteiger partial charge in [0.2, 0.25) is 0 Å². The second-order valence-electron chi connectivity index (χ2n) is 3.87. The Labute approximate surface area is 91.8 Å². The molecule has 2 N–H and O–H groups in total. The zero-order valence-corrected chi connectivity index (χ0v) is 9.73. The summed E-state index contributed by atoms with van der Waals surface area (Å²) < 4.78 is 5.57. The maximum Gasteiger partial charge on any atom is 0.119 e. The van der Waals surface area contributed by atoms with Gasteiger partial charge in [-0.2, -0.15) is 0 Å². The van der Waals surface area contributed by atoms with Crippen molar-refractivity contribution in [3.63, 3.8) is 0 Å². The highest BCUT2D eigenvalue weighted by Crippen LogP contribution is 2.18. The van der Waals surface area contributed by atoms with Crippen LogP contribution < -0.4 is 15.4 Å². The number of nitrogens with two attached hydrogens (primary N) is 1. The van der Waals surface area contributed by atoms with Crippen molar-refractivity contribution in [2.75, 3.05) is 25.0 Å². The minimum absolute atomic E-state index is 0.220. The average Bonchev–Trinajstić information content (AvgIpc) is 2.18. The van der Waals surface area contributed by atoms with Crippen molar-refractivity contribution >= 4 is 5.69 Å². The number of anilines is 1. The highest BCUT2D eigenvalue weighted by Gasteiger charge is 2.01. The smallest absolute Gasteiger partial charge is 0.119 e. The van der Waals surface area contributed by atoms with Gasteiger partial charge < -0.3 is 15.4 Å². The van der Waals surface area contributed by atoms with Gasteiger partial charge in [0.05, 0.1) is 6.10 Å². The highest BCUT2D eigenvalue weighted by atomic mass is 16.5. The van der Waals surface area contributed by atoms with Gasteiger partial charge in [0.25, 0.3) is 0 Å². The number of nitrogens with zero attached hydrogens (tertiary/aromatic N) is 1. The van der Waals surface area contributed by atoms with E-state index in [1.807, 2.05) is 45.2 Å². The van der Waals surface area contributed by atoms with Crippen LogP contribution in [0.3, 0.4) is 0 Å². The van der Waals surface area contributed by atoms with E-state index in [9.17, 15) is 0 Å². The Hall–Kier alpha value is -1.22. The van der Waals surface area contributed by atoms with E-state index in [1.54, 1.807) is 0 Å². The third-order valence-electron chi connectivity index (χ3n) is 2.11. The summed E-state index contributed by atoms with van der Waals surface area (Å²) in [6.07, 6.45) is 0.220. The summed E-state index contributed by atoms with van der Waals surface area (Å²) in [7, 11) is 2.03. The normalized spacial score (nSPS) is 10.5. The van der Waals surface area contributed by atoms with E-state index in [0.29, 0.717) is 6.54 Å². The molecule has 0 radical (unpaired) electrons. The maximum atomic E-state index is 5.57. The second kappa shape index (κ2) is 5.61. The molecule has 0 atom stereocenters. The molecule has 3 nitrogen and oxygen atoms in total. The van der Waals surface area contributed by atoms with Gasteiger partial charge in [0, 0.05) is 25.8 Å². The molecule has 0 unspecified atom stereocenters. The van der Waals surface area contributed by atoms with Crippen molar-refractivity contribution in [3.05, 3.63) is 24.3 Å². The lowest BCUT2D eigenvalue weighted by Gasteiger charge is -2.18. The quantitative estimate of drug-likeness (QED) is 0.802. The van der Waals surface area contributed by atoms with Gasteiger partial charge in [-0.25, -0.2) is 0 Å². The first kappa shape index (κ1) is 11.9. The Balaban J connectivity index is 2.63. The lowest BCUT2D eigenvalue weighted by molar-refractivity contribution is 0.242. The van der Waals surface area contributed by atoms with Gasteiger partial charge in [-0.05, 0) is 38.1 Å². The summed E-state index contributed by atoms with van der Waals surface area (Å²) in [5.74, 6) is 0.912. The van der Waals surface area contributed by atoms with Crippen molar-refractivity contribution in [3.8, 4) is 5.75 Å². The largest absolute Gasteiger partial charge is 0.491 e. The Bertz CT molecular complexity index is 282. The van der Waals surface area contributed by atoms with Crippen LogP contribution in [-0.2, 0) is 0 Å². The van der Waals surface area contributed by atoms with Gasteiger partial charge in [-0.15, -0.1) is 0 Å². The minimum Gasteiger partial charge on any atom is -0.491 e. The first-order valence-corrected chi connectivity index (χ1v) is 5.31. The topological polar surface area (TPSA) is 38.5 Å². The van der Waals surface area contributed by atoms with Crippen molar-refractivity contribution in [2.45, 2.75) is 20.0 Å². The van der Waals surface area contributed by atoms with E-state index >= 15 is 0 Å².